The highest BCUT2D eigenvalue weighted by atomic mass is 16.5. The number of benzene rings is 1. The van der Waals surface area contributed by atoms with Gasteiger partial charge >= 0.3 is 5.97 Å². The van der Waals surface area contributed by atoms with Crippen molar-refractivity contribution in [1.82, 2.24) is 5.16 Å². The van der Waals surface area contributed by atoms with E-state index in [1.54, 1.807) is 6.92 Å². The van der Waals surface area contributed by atoms with Gasteiger partial charge in [0.05, 0.1) is 6.61 Å². The number of aryl methyl sites for hydroxylation is 1. The second kappa shape index (κ2) is 4.82. The maximum Gasteiger partial charge on any atom is 0.343 e. The van der Waals surface area contributed by atoms with Gasteiger partial charge in [0, 0.05) is 5.56 Å². The molecule has 88 valence electrons. The zero-order valence-electron chi connectivity index (χ0n) is 9.77. The molecule has 0 fully saturated rings. The van der Waals surface area contributed by atoms with Crippen molar-refractivity contribution in [3.63, 3.8) is 0 Å². The Morgan fingerprint density at radius 2 is 2.18 bits per heavy atom. The molecule has 0 amide bonds. The van der Waals surface area contributed by atoms with Crippen LogP contribution in [-0.2, 0) is 4.74 Å². The normalized spacial score (nSPS) is 10.2. The molecule has 4 heteroatoms. The summed E-state index contributed by atoms with van der Waals surface area (Å²) >= 11 is 0. The molecule has 0 aliphatic rings. The van der Waals surface area contributed by atoms with Crippen molar-refractivity contribution in [2.24, 2.45) is 0 Å². The second-order valence-electron chi connectivity index (χ2n) is 3.61. The molecule has 0 N–H and O–H groups in total. The number of carbonyl (C=O) groups excluding carboxylic acids is 1. The van der Waals surface area contributed by atoms with E-state index in [4.69, 9.17) is 9.26 Å². The predicted octanol–water partition coefficient (Wildman–Crippen LogP) is 2.83. The number of carbonyl (C=O) groups is 1. The maximum atomic E-state index is 11.7. The molecular weight excluding hydrogens is 218 g/mol. The SMILES string of the molecule is CCOC(=O)c1conc1-c1ccccc1C. The Morgan fingerprint density at radius 1 is 1.41 bits per heavy atom. The lowest BCUT2D eigenvalue weighted by Gasteiger charge is -2.04. The number of esters is 1. The quantitative estimate of drug-likeness (QED) is 0.762. The number of ether oxygens (including phenoxy) is 1. The third-order valence-electron chi connectivity index (χ3n) is 2.47. The third-order valence-corrected chi connectivity index (χ3v) is 2.47. The van der Waals surface area contributed by atoms with Crippen LogP contribution in [0.25, 0.3) is 11.3 Å². The first-order valence-corrected chi connectivity index (χ1v) is 5.41. The molecule has 0 aliphatic heterocycles. The van der Waals surface area contributed by atoms with Crippen molar-refractivity contribution in [2.45, 2.75) is 13.8 Å². The molecule has 17 heavy (non-hydrogen) atoms. The molecule has 0 atom stereocenters. The van der Waals surface area contributed by atoms with E-state index in [9.17, 15) is 4.79 Å². The van der Waals surface area contributed by atoms with Gasteiger partial charge in [-0.1, -0.05) is 29.4 Å². The average molecular weight is 231 g/mol. The molecule has 0 saturated heterocycles. The molecule has 4 nitrogen and oxygen atoms in total. The first-order valence-electron chi connectivity index (χ1n) is 5.41. The molecule has 0 aliphatic carbocycles. The van der Waals surface area contributed by atoms with Crippen LogP contribution >= 0.6 is 0 Å². The van der Waals surface area contributed by atoms with Gasteiger partial charge in [0.15, 0.2) is 0 Å². The predicted molar refractivity (Wildman–Crippen MR) is 62.6 cm³/mol. The molecule has 1 aromatic heterocycles. The van der Waals surface area contributed by atoms with Gasteiger partial charge in [0.25, 0.3) is 0 Å². The molecule has 0 spiro atoms. The topological polar surface area (TPSA) is 52.3 Å². The summed E-state index contributed by atoms with van der Waals surface area (Å²) < 4.78 is 9.82. The summed E-state index contributed by atoms with van der Waals surface area (Å²) in [5, 5.41) is 3.87. The number of nitrogens with zero attached hydrogens (tertiary/aromatic N) is 1. The average Bonchev–Trinajstić information content (AvgIpc) is 2.79. The van der Waals surface area contributed by atoms with E-state index < -0.39 is 5.97 Å². The van der Waals surface area contributed by atoms with Gasteiger partial charge in [0.1, 0.15) is 17.5 Å². The summed E-state index contributed by atoms with van der Waals surface area (Å²) in [7, 11) is 0. The lowest BCUT2D eigenvalue weighted by molar-refractivity contribution is 0.0526. The Balaban J connectivity index is 2.44. The second-order valence-corrected chi connectivity index (χ2v) is 3.61. The van der Waals surface area contributed by atoms with E-state index in [-0.39, 0.29) is 0 Å². The summed E-state index contributed by atoms with van der Waals surface area (Å²) in [5.74, 6) is -0.410. The van der Waals surface area contributed by atoms with Gasteiger partial charge in [-0.25, -0.2) is 4.79 Å². The molecule has 2 rings (SSSR count). The van der Waals surface area contributed by atoms with Gasteiger partial charge in [-0.15, -0.1) is 0 Å². The summed E-state index contributed by atoms with van der Waals surface area (Å²) in [6, 6.07) is 7.68. The Bertz CT molecular complexity index is 531. The maximum absolute atomic E-state index is 11.7. The van der Waals surface area contributed by atoms with Crippen molar-refractivity contribution in [3.8, 4) is 11.3 Å². The lowest BCUT2D eigenvalue weighted by Crippen LogP contribution is -2.05. The summed E-state index contributed by atoms with van der Waals surface area (Å²) in [5.41, 5.74) is 2.80. The van der Waals surface area contributed by atoms with Crippen molar-refractivity contribution < 1.29 is 14.1 Å². The summed E-state index contributed by atoms with van der Waals surface area (Å²) in [4.78, 5) is 11.7. The highest BCUT2D eigenvalue weighted by Crippen LogP contribution is 2.25. The summed E-state index contributed by atoms with van der Waals surface area (Å²) in [6.45, 7) is 4.05. The van der Waals surface area contributed by atoms with E-state index in [0.717, 1.165) is 11.1 Å². The van der Waals surface area contributed by atoms with Crippen LogP contribution in [0, 0.1) is 6.92 Å². The molecule has 2 aromatic rings. The van der Waals surface area contributed by atoms with E-state index in [2.05, 4.69) is 5.16 Å². The largest absolute Gasteiger partial charge is 0.462 e. The van der Waals surface area contributed by atoms with Crippen molar-refractivity contribution in [3.05, 3.63) is 41.7 Å². The number of aromatic nitrogens is 1. The molecule has 1 aromatic carbocycles. The van der Waals surface area contributed by atoms with E-state index in [1.807, 2.05) is 31.2 Å². The van der Waals surface area contributed by atoms with Gasteiger partial charge < -0.3 is 9.26 Å². The third kappa shape index (κ3) is 2.20. The minimum absolute atomic E-state index is 0.331. The number of rotatable bonds is 3. The number of hydrogen-bond acceptors (Lipinski definition) is 4. The first-order chi connectivity index (χ1) is 8.24. The van der Waals surface area contributed by atoms with Gasteiger partial charge in [-0.3, -0.25) is 0 Å². The van der Waals surface area contributed by atoms with E-state index in [0.29, 0.717) is 17.9 Å². The highest BCUT2D eigenvalue weighted by molar-refractivity contribution is 5.96. The molecule has 0 unspecified atom stereocenters. The van der Waals surface area contributed by atoms with Gasteiger partial charge in [0.2, 0.25) is 0 Å². The Labute approximate surface area is 99.2 Å². The van der Waals surface area contributed by atoms with Crippen LogP contribution in [0.1, 0.15) is 22.8 Å². The van der Waals surface area contributed by atoms with Crippen molar-refractivity contribution >= 4 is 5.97 Å². The summed E-state index contributed by atoms with van der Waals surface area (Å²) in [6.07, 6.45) is 1.32. The molecular formula is C13H13NO3. The van der Waals surface area contributed by atoms with Crippen LogP contribution < -0.4 is 0 Å². The zero-order valence-corrected chi connectivity index (χ0v) is 9.77. The Morgan fingerprint density at radius 3 is 2.88 bits per heavy atom. The fourth-order valence-electron chi connectivity index (χ4n) is 1.62. The van der Waals surface area contributed by atoms with E-state index >= 15 is 0 Å². The van der Waals surface area contributed by atoms with Crippen LogP contribution in [0.5, 0.6) is 0 Å². The van der Waals surface area contributed by atoms with E-state index in [1.165, 1.54) is 6.26 Å². The first kappa shape index (κ1) is 11.4. The monoisotopic (exact) mass is 231 g/mol. The van der Waals surface area contributed by atoms with Crippen LogP contribution in [0.3, 0.4) is 0 Å². The van der Waals surface area contributed by atoms with Crippen LogP contribution in [-0.4, -0.2) is 17.7 Å². The Kier molecular flexibility index (Phi) is 3.23. The van der Waals surface area contributed by atoms with Crippen molar-refractivity contribution in [2.75, 3.05) is 6.61 Å². The van der Waals surface area contributed by atoms with Crippen LogP contribution in [0.4, 0.5) is 0 Å². The molecule has 0 saturated carbocycles. The fourth-order valence-corrected chi connectivity index (χ4v) is 1.62. The minimum atomic E-state index is -0.410. The Hall–Kier alpha value is -2.10. The standard InChI is InChI=1S/C13H13NO3/c1-3-16-13(15)11-8-17-14-12(11)10-7-5-4-6-9(10)2/h4-8H,3H2,1-2H3. The van der Waals surface area contributed by atoms with Crippen molar-refractivity contribution in [1.29, 1.82) is 0 Å². The van der Waals surface area contributed by atoms with Gasteiger partial charge in [-0.2, -0.15) is 0 Å². The minimum Gasteiger partial charge on any atom is -0.462 e. The lowest BCUT2D eigenvalue weighted by atomic mass is 10.0. The van der Waals surface area contributed by atoms with Crippen LogP contribution in [0.2, 0.25) is 0 Å². The van der Waals surface area contributed by atoms with Gasteiger partial charge in [-0.05, 0) is 19.4 Å². The molecule has 1 heterocycles. The number of hydrogen-bond donors (Lipinski definition) is 0. The smallest absolute Gasteiger partial charge is 0.343 e. The zero-order chi connectivity index (χ0) is 12.3. The highest BCUT2D eigenvalue weighted by Gasteiger charge is 2.19. The molecule has 0 radical (unpaired) electrons. The molecule has 0 bridgehead atoms. The fraction of sp³-hybridized carbons (Fsp3) is 0.231. The van der Waals surface area contributed by atoms with Crippen LogP contribution in [0.15, 0.2) is 35.1 Å².